The van der Waals surface area contributed by atoms with Crippen LogP contribution in [0.2, 0.25) is 0 Å². The maximum absolute atomic E-state index is 11.8. The molecule has 13 heteroatoms. The standard InChI is InChI=1S/C15H19N5O4.C2H2O4/c1-18-13(10-14(21)19(2)15(18)22)17-9-3-8-16-11-4-6-12(7-5-11)20(23)24;3-1(4)2(5)6/h4-7,10,16-17H,3,8-9H2,1-2H3;(H,3,4)(H,5,6). The van der Waals surface area contributed by atoms with Crippen LogP contribution < -0.4 is 21.9 Å². The molecule has 162 valence electrons. The summed E-state index contributed by atoms with van der Waals surface area (Å²) in [5.74, 6) is -3.18. The second-order valence-corrected chi connectivity index (χ2v) is 5.89. The van der Waals surface area contributed by atoms with Crippen molar-refractivity contribution in [2.24, 2.45) is 14.1 Å². The van der Waals surface area contributed by atoms with E-state index in [-0.39, 0.29) is 16.9 Å². The van der Waals surface area contributed by atoms with Gasteiger partial charge in [-0.3, -0.25) is 24.0 Å². The van der Waals surface area contributed by atoms with Gasteiger partial charge in [-0.2, -0.15) is 0 Å². The van der Waals surface area contributed by atoms with E-state index in [0.29, 0.717) is 18.9 Å². The summed E-state index contributed by atoms with van der Waals surface area (Å²) in [5.41, 5.74) is 0.106. The Hall–Kier alpha value is -4.16. The number of carbonyl (C=O) groups is 2. The second-order valence-electron chi connectivity index (χ2n) is 5.89. The van der Waals surface area contributed by atoms with Gasteiger partial charge in [0.1, 0.15) is 5.82 Å². The molecule has 0 spiro atoms. The highest BCUT2D eigenvalue weighted by atomic mass is 16.6. The number of carboxylic acids is 2. The highest BCUT2D eigenvalue weighted by molar-refractivity contribution is 6.27. The van der Waals surface area contributed by atoms with E-state index in [9.17, 15) is 19.7 Å². The fourth-order valence-electron chi connectivity index (χ4n) is 2.14. The zero-order chi connectivity index (χ0) is 22.8. The van der Waals surface area contributed by atoms with Gasteiger partial charge in [-0.1, -0.05) is 0 Å². The lowest BCUT2D eigenvalue weighted by Gasteiger charge is -2.12. The highest BCUT2D eigenvalue weighted by Gasteiger charge is 2.06. The van der Waals surface area contributed by atoms with Crippen LogP contribution in [-0.2, 0) is 23.7 Å². The van der Waals surface area contributed by atoms with Gasteiger partial charge >= 0.3 is 17.6 Å². The molecule has 1 aromatic heterocycles. The van der Waals surface area contributed by atoms with Crippen LogP contribution in [0.5, 0.6) is 0 Å². The number of aromatic nitrogens is 2. The molecular weight excluding hydrogens is 402 g/mol. The van der Waals surface area contributed by atoms with Crippen LogP contribution in [0.1, 0.15) is 6.42 Å². The lowest BCUT2D eigenvalue weighted by atomic mass is 10.3. The van der Waals surface area contributed by atoms with E-state index in [0.717, 1.165) is 16.7 Å². The first-order valence-corrected chi connectivity index (χ1v) is 8.50. The summed E-state index contributed by atoms with van der Waals surface area (Å²) in [6, 6.07) is 7.56. The molecule has 2 rings (SSSR count). The Morgan fingerprint density at radius 3 is 2.03 bits per heavy atom. The van der Waals surface area contributed by atoms with Crippen molar-refractivity contribution in [3.05, 3.63) is 61.3 Å². The lowest BCUT2D eigenvalue weighted by Crippen LogP contribution is -2.37. The smallest absolute Gasteiger partial charge is 0.414 e. The first kappa shape index (κ1) is 23.9. The monoisotopic (exact) mass is 423 g/mol. The van der Waals surface area contributed by atoms with Crippen LogP contribution >= 0.6 is 0 Å². The normalized spacial score (nSPS) is 9.80. The van der Waals surface area contributed by atoms with Crippen LogP contribution in [0.15, 0.2) is 39.9 Å². The van der Waals surface area contributed by atoms with Gasteiger partial charge < -0.3 is 20.8 Å². The van der Waals surface area contributed by atoms with Crippen molar-refractivity contribution in [2.75, 3.05) is 23.7 Å². The van der Waals surface area contributed by atoms with E-state index in [2.05, 4.69) is 10.6 Å². The fourth-order valence-corrected chi connectivity index (χ4v) is 2.14. The maximum atomic E-state index is 11.8. The molecule has 0 amide bonds. The van der Waals surface area contributed by atoms with Gasteiger partial charge in [-0.05, 0) is 18.6 Å². The minimum Gasteiger partial charge on any atom is -0.473 e. The molecule has 2 aromatic rings. The summed E-state index contributed by atoms with van der Waals surface area (Å²) >= 11 is 0. The number of nitro benzene ring substituents is 1. The van der Waals surface area contributed by atoms with Gasteiger partial charge in [0.05, 0.1) is 4.92 Å². The lowest BCUT2D eigenvalue weighted by molar-refractivity contribution is -0.384. The number of nitrogens with one attached hydrogen (secondary N) is 2. The zero-order valence-corrected chi connectivity index (χ0v) is 16.2. The Labute approximate surface area is 169 Å². The second kappa shape index (κ2) is 11.0. The quantitative estimate of drug-likeness (QED) is 0.205. The van der Waals surface area contributed by atoms with Crippen molar-refractivity contribution < 1.29 is 24.7 Å². The zero-order valence-electron chi connectivity index (χ0n) is 16.2. The molecule has 1 heterocycles. The molecule has 0 radical (unpaired) electrons. The van der Waals surface area contributed by atoms with Crippen LogP contribution in [0.25, 0.3) is 0 Å². The number of rotatable bonds is 7. The molecule has 4 N–H and O–H groups in total. The van der Waals surface area contributed by atoms with E-state index in [1.807, 2.05) is 0 Å². The SMILES string of the molecule is Cn1c(NCCCNc2ccc([N+](=O)[O-])cc2)cc(=O)n(C)c1=O.O=C(O)C(=O)O. The molecule has 0 aliphatic rings. The molecule has 0 saturated heterocycles. The molecule has 0 saturated carbocycles. The summed E-state index contributed by atoms with van der Waals surface area (Å²) in [7, 11) is 3.03. The van der Waals surface area contributed by atoms with Gasteiger partial charge in [0.2, 0.25) is 0 Å². The number of anilines is 2. The predicted molar refractivity (Wildman–Crippen MR) is 107 cm³/mol. The van der Waals surface area contributed by atoms with Gasteiger partial charge in [0.15, 0.2) is 0 Å². The van der Waals surface area contributed by atoms with Crippen molar-refractivity contribution in [2.45, 2.75) is 6.42 Å². The number of hydrogen-bond donors (Lipinski definition) is 4. The van der Waals surface area contributed by atoms with Crippen LogP contribution in [0.4, 0.5) is 17.2 Å². The Balaban J connectivity index is 0.000000656. The third-order valence-electron chi connectivity index (χ3n) is 3.78. The average molecular weight is 423 g/mol. The molecule has 1 aromatic carbocycles. The Kier molecular flexibility index (Phi) is 8.75. The fraction of sp³-hybridized carbons (Fsp3) is 0.294. The highest BCUT2D eigenvalue weighted by Crippen LogP contribution is 2.15. The Morgan fingerprint density at radius 1 is 1.00 bits per heavy atom. The third kappa shape index (κ3) is 7.10. The summed E-state index contributed by atoms with van der Waals surface area (Å²) in [4.78, 5) is 51.7. The van der Waals surface area contributed by atoms with E-state index >= 15 is 0 Å². The number of carboxylic acid groups (broad SMARTS) is 2. The molecule has 0 atom stereocenters. The summed E-state index contributed by atoms with van der Waals surface area (Å²) < 4.78 is 2.42. The van der Waals surface area contributed by atoms with E-state index in [1.165, 1.54) is 29.8 Å². The molecular formula is C17H21N5O8. The van der Waals surface area contributed by atoms with Gasteiger partial charge in [-0.15, -0.1) is 0 Å². The molecule has 0 fully saturated rings. The number of nitrogens with zero attached hydrogens (tertiary/aromatic N) is 3. The van der Waals surface area contributed by atoms with Crippen molar-refractivity contribution in [3.8, 4) is 0 Å². The van der Waals surface area contributed by atoms with Gasteiger partial charge in [0, 0.05) is 51.1 Å². The summed E-state index contributed by atoms with van der Waals surface area (Å²) in [6.07, 6.45) is 0.736. The van der Waals surface area contributed by atoms with E-state index < -0.39 is 16.9 Å². The topological polar surface area (TPSA) is 186 Å². The average Bonchev–Trinajstić information content (AvgIpc) is 2.70. The molecule has 30 heavy (non-hydrogen) atoms. The summed E-state index contributed by atoms with van der Waals surface area (Å²) in [5, 5.41) is 31.6. The van der Waals surface area contributed by atoms with E-state index in [1.54, 1.807) is 19.2 Å². The van der Waals surface area contributed by atoms with Crippen LogP contribution in [0, 0.1) is 10.1 Å². The summed E-state index contributed by atoms with van der Waals surface area (Å²) in [6.45, 7) is 1.21. The van der Waals surface area contributed by atoms with Crippen molar-refractivity contribution in [3.63, 3.8) is 0 Å². The number of non-ortho nitro benzene ring substituents is 1. The molecule has 0 unspecified atom stereocenters. The van der Waals surface area contributed by atoms with Gasteiger partial charge in [-0.25, -0.2) is 14.4 Å². The molecule has 0 bridgehead atoms. The minimum atomic E-state index is -1.82. The molecule has 13 nitrogen and oxygen atoms in total. The molecule has 0 aliphatic heterocycles. The number of aliphatic carboxylic acids is 2. The van der Waals surface area contributed by atoms with Crippen molar-refractivity contribution in [1.29, 1.82) is 0 Å². The molecule has 0 aliphatic carbocycles. The Bertz CT molecular complexity index is 1010. The number of benzene rings is 1. The number of nitro groups is 1. The number of hydrogen-bond acceptors (Lipinski definition) is 8. The Morgan fingerprint density at radius 2 is 1.53 bits per heavy atom. The largest absolute Gasteiger partial charge is 0.473 e. The maximum Gasteiger partial charge on any atom is 0.414 e. The van der Waals surface area contributed by atoms with Crippen LogP contribution in [0.3, 0.4) is 0 Å². The van der Waals surface area contributed by atoms with Gasteiger partial charge in [0.25, 0.3) is 11.2 Å². The van der Waals surface area contributed by atoms with Crippen molar-refractivity contribution in [1.82, 2.24) is 9.13 Å². The first-order chi connectivity index (χ1) is 14.0. The third-order valence-corrected chi connectivity index (χ3v) is 3.78. The van der Waals surface area contributed by atoms with Crippen molar-refractivity contribution >= 4 is 29.1 Å². The van der Waals surface area contributed by atoms with E-state index in [4.69, 9.17) is 19.8 Å². The first-order valence-electron chi connectivity index (χ1n) is 8.50. The van der Waals surface area contributed by atoms with Crippen LogP contribution in [-0.4, -0.2) is 49.3 Å². The predicted octanol–water partition coefficient (Wildman–Crippen LogP) is 0.0619. The minimum absolute atomic E-state index is 0.0498.